The number of benzene rings is 1. The fraction of sp³-hybridized carbons (Fsp3) is 0.250. The fourth-order valence-electron chi connectivity index (χ4n) is 2.16. The average molecular weight is 217 g/mol. The van der Waals surface area contributed by atoms with Gasteiger partial charge in [0.25, 0.3) is 0 Å². The topological polar surface area (TPSA) is 31.9 Å². The van der Waals surface area contributed by atoms with Crippen LogP contribution in [0.2, 0.25) is 0 Å². The number of hydrogen-bond donors (Lipinski definition) is 1. The SMILES string of the molecule is Fc1ccc2c(c1)N(Cc1cnc[nH]1)CC2. The molecule has 82 valence electrons. The van der Waals surface area contributed by atoms with Crippen LogP contribution in [-0.2, 0) is 13.0 Å². The molecule has 4 heteroatoms. The Bertz CT molecular complexity index is 493. The standard InChI is InChI=1S/C12H12FN3/c13-10-2-1-9-3-4-16(12(9)5-10)7-11-6-14-8-15-11/h1-2,5-6,8H,3-4,7H2,(H,14,15). The monoisotopic (exact) mass is 217 g/mol. The Morgan fingerprint density at radius 1 is 1.44 bits per heavy atom. The van der Waals surface area contributed by atoms with Gasteiger partial charge in [-0.1, -0.05) is 6.07 Å². The number of rotatable bonds is 2. The van der Waals surface area contributed by atoms with Gasteiger partial charge in [-0.15, -0.1) is 0 Å². The van der Waals surface area contributed by atoms with Gasteiger partial charge in [-0.25, -0.2) is 9.37 Å². The Morgan fingerprint density at radius 3 is 3.19 bits per heavy atom. The van der Waals surface area contributed by atoms with E-state index in [9.17, 15) is 4.39 Å². The predicted octanol–water partition coefficient (Wildman–Crippen LogP) is 2.11. The van der Waals surface area contributed by atoms with Crippen molar-refractivity contribution in [1.29, 1.82) is 0 Å². The molecule has 1 aromatic heterocycles. The van der Waals surface area contributed by atoms with Crippen LogP contribution in [0.15, 0.2) is 30.7 Å². The van der Waals surface area contributed by atoms with Gasteiger partial charge >= 0.3 is 0 Å². The third-order valence-electron chi connectivity index (χ3n) is 2.96. The highest BCUT2D eigenvalue weighted by Crippen LogP contribution is 2.29. The third kappa shape index (κ3) is 1.56. The van der Waals surface area contributed by atoms with Crippen molar-refractivity contribution in [2.24, 2.45) is 0 Å². The van der Waals surface area contributed by atoms with E-state index in [1.54, 1.807) is 18.6 Å². The smallest absolute Gasteiger partial charge is 0.125 e. The van der Waals surface area contributed by atoms with E-state index in [0.29, 0.717) is 0 Å². The van der Waals surface area contributed by atoms with E-state index in [4.69, 9.17) is 0 Å². The summed E-state index contributed by atoms with van der Waals surface area (Å²) in [6.07, 6.45) is 4.46. The van der Waals surface area contributed by atoms with E-state index in [1.807, 2.05) is 6.07 Å². The second-order valence-electron chi connectivity index (χ2n) is 4.02. The first kappa shape index (κ1) is 9.39. The lowest BCUT2D eigenvalue weighted by Crippen LogP contribution is -2.19. The van der Waals surface area contributed by atoms with Crippen LogP contribution in [-0.4, -0.2) is 16.5 Å². The fourth-order valence-corrected chi connectivity index (χ4v) is 2.16. The Morgan fingerprint density at radius 2 is 2.38 bits per heavy atom. The van der Waals surface area contributed by atoms with Crippen LogP contribution in [0, 0.1) is 5.82 Å². The highest BCUT2D eigenvalue weighted by atomic mass is 19.1. The van der Waals surface area contributed by atoms with Crippen molar-refractivity contribution in [3.8, 4) is 0 Å². The number of nitrogens with zero attached hydrogens (tertiary/aromatic N) is 2. The van der Waals surface area contributed by atoms with E-state index >= 15 is 0 Å². The summed E-state index contributed by atoms with van der Waals surface area (Å²) in [5.41, 5.74) is 3.28. The summed E-state index contributed by atoms with van der Waals surface area (Å²) in [7, 11) is 0. The number of hydrogen-bond acceptors (Lipinski definition) is 2. The summed E-state index contributed by atoms with van der Waals surface area (Å²) in [5, 5.41) is 0. The highest BCUT2D eigenvalue weighted by Gasteiger charge is 2.19. The molecule has 2 heterocycles. The van der Waals surface area contributed by atoms with Crippen molar-refractivity contribution < 1.29 is 4.39 Å². The molecule has 1 N–H and O–H groups in total. The number of nitrogens with one attached hydrogen (secondary N) is 1. The first-order valence-corrected chi connectivity index (χ1v) is 5.33. The second kappa shape index (κ2) is 3.63. The van der Waals surface area contributed by atoms with Gasteiger partial charge in [0.1, 0.15) is 5.82 Å². The molecule has 0 fully saturated rings. The van der Waals surface area contributed by atoms with Crippen LogP contribution in [0.1, 0.15) is 11.3 Å². The Kier molecular flexibility index (Phi) is 2.13. The van der Waals surface area contributed by atoms with E-state index in [-0.39, 0.29) is 5.82 Å². The summed E-state index contributed by atoms with van der Waals surface area (Å²) in [6, 6.07) is 5.01. The van der Waals surface area contributed by atoms with Crippen LogP contribution in [0.25, 0.3) is 0 Å². The van der Waals surface area contributed by atoms with Gasteiger partial charge in [-0.05, 0) is 24.1 Å². The molecule has 0 amide bonds. The molecule has 0 radical (unpaired) electrons. The van der Waals surface area contributed by atoms with Gasteiger partial charge in [0, 0.05) is 18.4 Å². The largest absolute Gasteiger partial charge is 0.365 e. The summed E-state index contributed by atoms with van der Waals surface area (Å²) in [4.78, 5) is 9.22. The zero-order chi connectivity index (χ0) is 11.0. The van der Waals surface area contributed by atoms with E-state index < -0.39 is 0 Å². The maximum absolute atomic E-state index is 13.2. The lowest BCUT2D eigenvalue weighted by molar-refractivity contribution is 0.627. The van der Waals surface area contributed by atoms with E-state index in [2.05, 4.69) is 14.9 Å². The molecule has 0 atom stereocenters. The molecule has 1 aliphatic heterocycles. The number of H-pyrrole nitrogens is 1. The number of fused-ring (bicyclic) bond motifs is 1. The van der Waals surface area contributed by atoms with Gasteiger partial charge in [0.15, 0.2) is 0 Å². The average Bonchev–Trinajstić information content (AvgIpc) is 2.90. The minimum atomic E-state index is -0.171. The molecule has 0 aliphatic carbocycles. The lowest BCUT2D eigenvalue weighted by Gasteiger charge is -2.18. The zero-order valence-electron chi connectivity index (χ0n) is 8.78. The molecule has 16 heavy (non-hydrogen) atoms. The summed E-state index contributed by atoms with van der Waals surface area (Å²) >= 11 is 0. The zero-order valence-corrected chi connectivity index (χ0v) is 8.78. The Labute approximate surface area is 92.9 Å². The molecule has 0 unspecified atom stereocenters. The van der Waals surface area contributed by atoms with Crippen LogP contribution < -0.4 is 4.90 Å². The molecule has 2 aromatic rings. The summed E-state index contributed by atoms with van der Waals surface area (Å²) in [6.45, 7) is 1.70. The van der Waals surface area contributed by atoms with E-state index in [1.165, 1.54) is 11.6 Å². The van der Waals surface area contributed by atoms with Crippen molar-refractivity contribution in [3.63, 3.8) is 0 Å². The van der Waals surface area contributed by atoms with Gasteiger partial charge in [-0.3, -0.25) is 0 Å². The third-order valence-corrected chi connectivity index (χ3v) is 2.96. The molecule has 0 saturated carbocycles. The lowest BCUT2D eigenvalue weighted by atomic mass is 10.2. The van der Waals surface area contributed by atoms with Gasteiger partial charge < -0.3 is 9.88 Å². The first-order chi connectivity index (χ1) is 7.83. The minimum Gasteiger partial charge on any atom is -0.365 e. The van der Waals surface area contributed by atoms with Gasteiger partial charge in [0.05, 0.1) is 18.6 Å². The number of imidazole rings is 1. The quantitative estimate of drug-likeness (QED) is 0.835. The molecule has 0 saturated heterocycles. The van der Waals surface area contributed by atoms with Crippen molar-refractivity contribution in [1.82, 2.24) is 9.97 Å². The van der Waals surface area contributed by atoms with Crippen LogP contribution >= 0.6 is 0 Å². The number of aromatic nitrogens is 2. The van der Waals surface area contributed by atoms with Crippen molar-refractivity contribution >= 4 is 5.69 Å². The van der Waals surface area contributed by atoms with Crippen molar-refractivity contribution in [2.45, 2.75) is 13.0 Å². The molecule has 0 spiro atoms. The van der Waals surface area contributed by atoms with Gasteiger partial charge in [0.2, 0.25) is 0 Å². The highest BCUT2D eigenvalue weighted by molar-refractivity contribution is 5.58. The molecular weight excluding hydrogens is 205 g/mol. The summed E-state index contributed by atoms with van der Waals surface area (Å²) in [5.74, 6) is -0.171. The van der Waals surface area contributed by atoms with Crippen molar-refractivity contribution in [2.75, 3.05) is 11.4 Å². The second-order valence-corrected chi connectivity index (χ2v) is 4.02. The maximum atomic E-state index is 13.2. The van der Waals surface area contributed by atoms with Crippen LogP contribution in [0.5, 0.6) is 0 Å². The Hall–Kier alpha value is -1.84. The minimum absolute atomic E-state index is 0.171. The maximum Gasteiger partial charge on any atom is 0.125 e. The number of aromatic amines is 1. The van der Waals surface area contributed by atoms with Crippen LogP contribution in [0.4, 0.5) is 10.1 Å². The number of anilines is 1. The first-order valence-electron chi connectivity index (χ1n) is 5.33. The van der Waals surface area contributed by atoms with E-state index in [0.717, 1.165) is 30.9 Å². The normalized spacial score (nSPS) is 14.2. The predicted molar refractivity (Wildman–Crippen MR) is 59.7 cm³/mol. The summed E-state index contributed by atoms with van der Waals surface area (Å²) < 4.78 is 13.2. The van der Waals surface area contributed by atoms with Crippen LogP contribution in [0.3, 0.4) is 0 Å². The Balaban J connectivity index is 1.88. The molecule has 1 aliphatic rings. The molecule has 1 aromatic carbocycles. The molecular formula is C12H12FN3. The molecule has 3 rings (SSSR count). The van der Waals surface area contributed by atoms with Gasteiger partial charge in [-0.2, -0.15) is 0 Å². The van der Waals surface area contributed by atoms with Crippen molar-refractivity contribution in [3.05, 3.63) is 47.8 Å². The molecule has 0 bridgehead atoms. The number of halogens is 1. The molecule has 3 nitrogen and oxygen atoms in total.